The first-order valence-electron chi connectivity index (χ1n) is 6.09. The smallest absolute Gasteiger partial charge is 0.0616 e. The lowest BCUT2D eigenvalue weighted by atomic mass is 10.00. The van der Waals surface area contributed by atoms with Gasteiger partial charge in [0.15, 0.2) is 0 Å². The lowest BCUT2D eigenvalue weighted by Crippen LogP contribution is -2.32. The van der Waals surface area contributed by atoms with Crippen LogP contribution in [0, 0.1) is 5.92 Å². The van der Waals surface area contributed by atoms with Crippen molar-refractivity contribution in [3.05, 3.63) is 0 Å². The summed E-state index contributed by atoms with van der Waals surface area (Å²) in [6.07, 6.45) is 5.35. The number of nitrogens with two attached hydrogens (primary N) is 1. The van der Waals surface area contributed by atoms with Crippen molar-refractivity contribution in [2.75, 3.05) is 13.7 Å². The van der Waals surface area contributed by atoms with Crippen LogP contribution in [0.1, 0.15) is 54.8 Å². The fraction of sp³-hybridized carbons (Fsp3) is 1.00. The van der Waals surface area contributed by atoms with E-state index in [9.17, 15) is 0 Å². The van der Waals surface area contributed by atoms with E-state index >= 15 is 0 Å². The molecule has 0 spiro atoms. The molecule has 1 fully saturated rings. The van der Waals surface area contributed by atoms with Crippen molar-refractivity contribution in [2.45, 2.75) is 59.4 Å². The fourth-order valence-corrected chi connectivity index (χ4v) is 1.71. The highest BCUT2D eigenvalue weighted by molar-refractivity contribution is 4.77. The van der Waals surface area contributed by atoms with E-state index in [0.29, 0.717) is 0 Å². The van der Waals surface area contributed by atoms with E-state index in [1.807, 2.05) is 27.7 Å². The Labute approximate surface area is 91.7 Å². The average molecular weight is 205 g/mol. The summed E-state index contributed by atoms with van der Waals surface area (Å²) < 4.78 is 4.99. The van der Waals surface area contributed by atoms with Gasteiger partial charge in [0.2, 0.25) is 0 Å². The molecule has 0 saturated heterocycles. The average Bonchev–Trinajstić information content (AvgIpc) is 2.77. The van der Waals surface area contributed by atoms with Crippen LogP contribution in [-0.4, -0.2) is 19.8 Å². The quantitative estimate of drug-likeness (QED) is 0.766. The van der Waals surface area contributed by atoms with E-state index in [0.717, 1.165) is 12.5 Å². The molecule has 0 aromatic rings. The van der Waals surface area contributed by atoms with Gasteiger partial charge in [-0.05, 0) is 18.8 Å². The molecule has 0 aliphatic heterocycles. The molecular formula is C12H31NO. The van der Waals surface area contributed by atoms with E-state index in [-0.39, 0.29) is 7.47 Å². The highest BCUT2D eigenvalue weighted by Crippen LogP contribution is 2.26. The second kappa shape index (κ2) is 12.9. The van der Waals surface area contributed by atoms with Gasteiger partial charge in [0, 0.05) is 14.6 Å². The highest BCUT2D eigenvalue weighted by Gasteiger charge is 2.21. The number of methoxy groups -OCH3 is 1. The zero-order valence-corrected chi connectivity index (χ0v) is 10.7. The van der Waals surface area contributed by atoms with Crippen molar-refractivity contribution in [1.29, 1.82) is 0 Å². The molecule has 1 saturated carbocycles. The molecule has 0 amide bonds. The maximum atomic E-state index is 5.86. The second-order valence-corrected chi connectivity index (χ2v) is 3.16. The van der Waals surface area contributed by atoms with Gasteiger partial charge in [-0.15, -0.1) is 0 Å². The first-order chi connectivity index (χ1) is 6.84. The van der Waals surface area contributed by atoms with Gasteiger partial charge in [-0.25, -0.2) is 0 Å². The molecule has 2 N–H and O–H groups in total. The number of ether oxygens (including phenoxy) is 1. The molecule has 1 atom stereocenters. The second-order valence-electron chi connectivity index (χ2n) is 3.16. The zero-order valence-electron chi connectivity index (χ0n) is 10.7. The van der Waals surface area contributed by atoms with Crippen LogP contribution in [-0.2, 0) is 4.74 Å². The Kier molecular flexibility index (Phi) is 15.1. The van der Waals surface area contributed by atoms with Gasteiger partial charge < -0.3 is 10.5 Å². The van der Waals surface area contributed by atoms with Crippen LogP contribution in [0.5, 0.6) is 0 Å². The summed E-state index contributed by atoms with van der Waals surface area (Å²) in [4.78, 5) is 0. The Bertz CT molecular complexity index is 95.6. The molecule has 2 nitrogen and oxygen atoms in total. The number of hydrogen-bond acceptors (Lipinski definition) is 2. The fourth-order valence-electron chi connectivity index (χ4n) is 1.71. The van der Waals surface area contributed by atoms with E-state index in [1.54, 1.807) is 7.11 Å². The maximum Gasteiger partial charge on any atom is 0.0616 e. The Morgan fingerprint density at radius 3 is 2.00 bits per heavy atom. The monoisotopic (exact) mass is 205 g/mol. The number of hydrogen-bond donors (Lipinski definition) is 1. The van der Waals surface area contributed by atoms with Gasteiger partial charge in [0.25, 0.3) is 0 Å². The van der Waals surface area contributed by atoms with Gasteiger partial charge in [0.1, 0.15) is 0 Å². The summed E-state index contributed by atoms with van der Waals surface area (Å²) in [6.45, 7) is 8.73. The molecule has 0 aromatic heterocycles. The Morgan fingerprint density at radius 1 is 1.21 bits per heavy atom. The lowest BCUT2D eigenvalue weighted by molar-refractivity contribution is 0.158. The summed E-state index contributed by atoms with van der Waals surface area (Å²) in [5, 5.41) is 0. The third-order valence-electron chi connectivity index (χ3n) is 2.36. The minimum absolute atomic E-state index is 0. The van der Waals surface area contributed by atoms with Crippen LogP contribution in [0.25, 0.3) is 0 Å². The third kappa shape index (κ3) is 7.34. The highest BCUT2D eigenvalue weighted by atomic mass is 16.5. The maximum absolute atomic E-state index is 5.86. The topological polar surface area (TPSA) is 35.2 Å². The molecule has 14 heavy (non-hydrogen) atoms. The zero-order chi connectivity index (χ0) is 11.4. The molecule has 0 heterocycles. The molecule has 90 valence electrons. The van der Waals surface area contributed by atoms with Gasteiger partial charge in [-0.1, -0.05) is 40.5 Å². The third-order valence-corrected chi connectivity index (χ3v) is 2.36. The van der Waals surface area contributed by atoms with E-state index in [2.05, 4.69) is 0 Å². The molecule has 1 rings (SSSR count). The Morgan fingerprint density at radius 2 is 1.64 bits per heavy atom. The lowest BCUT2D eigenvalue weighted by Gasteiger charge is -2.16. The summed E-state index contributed by atoms with van der Waals surface area (Å²) >= 11 is 0. The molecule has 0 aromatic carbocycles. The standard InChI is InChI=1S/C8H17NO.2C2H6.H2/c1-10-6-8(9)7-4-2-3-5-7;2*1-2;/h7-8H,2-6,9H2,1H3;2*1-2H3;1H/t8-;;;/m1.../s1. The summed E-state index contributed by atoms with van der Waals surface area (Å²) in [5.74, 6) is 0.736. The van der Waals surface area contributed by atoms with Crippen LogP contribution < -0.4 is 5.73 Å². The summed E-state index contributed by atoms with van der Waals surface area (Å²) in [5.41, 5.74) is 5.86. The van der Waals surface area contributed by atoms with Crippen molar-refractivity contribution >= 4 is 0 Å². The minimum Gasteiger partial charge on any atom is -0.383 e. The normalized spacial score (nSPS) is 17.6. The van der Waals surface area contributed by atoms with E-state index in [1.165, 1.54) is 25.7 Å². The van der Waals surface area contributed by atoms with E-state index < -0.39 is 0 Å². The molecule has 2 heteroatoms. The molecule has 0 unspecified atom stereocenters. The van der Waals surface area contributed by atoms with Crippen molar-refractivity contribution in [2.24, 2.45) is 11.7 Å². The molecule has 0 bridgehead atoms. The van der Waals surface area contributed by atoms with Gasteiger partial charge in [0.05, 0.1) is 6.61 Å². The molecule has 1 aliphatic carbocycles. The van der Waals surface area contributed by atoms with Gasteiger partial charge in [-0.3, -0.25) is 0 Å². The molecule has 0 radical (unpaired) electrons. The Hall–Kier alpha value is -0.0800. The van der Waals surface area contributed by atoms with Crippen LogP contribution in [0.4, 0.5) is 0 Å². The first-order valence-corrected chi connectivity index (χ1v) is 6.09. The van der Waals surface area contributed by atoms with Gasteiger partial charge in [-0.2, -0.15) is 0 Å². The summed E-state index contributed by atoms with van der Waals surface area (Å²) in [7, 11) is 1.72. The molecule has 1 aliphatic rings. The first kappa shape index (κ1) is 16.4. The van der Waals surface area contributed by atoms with E-state index in [4.69, 9.17) is 10.5 Å². The van der Waals surface area contributed by atoms with Gasteiger partial charge >= 0.3 is 0 Å². The molecular weight excluding hydrogens is 174 g/mol. The van der Waals surface area contributed by atoms with Crippen LogP contribution in [0.3, 0.4) is 0 Å². The minimum atomic E-state index is 0. The summed E-state index contributed by atoms with van der Waals surface area (Å²) in [6, 6.07) is 0.285. The van der Waals surface area contributed by atoms with Crippen molar-refractivity contribution in [3.63, 3.8) is 0 Å². The predicted octanol–water partition coefficient (Wildman–Crippen LogP) is 3.45. The van der Waals surface area contributed by atoms with Crippen LogP contribution >= 0.6 is 0 Å². The number of rotatable bonds is 3. The SMILES string of the molecule is CC.CC.COC[C@@H](N)C1CCCC1.[HH]. The van der Waals surface area contributed by atoms with Crippen LogP contribution in [0.15, 0.2) is 0 Å². The predicted molar refractivity (Wildman–Crippen MR) is 66.6 cm³/mol. The van der Waals surface area contributed by atoms with Crippen molar-refractivity contribution in [1.82, 2.24) is 0 Å². The largest absolute Gasteiger partial charge is 0.383 e. The van der Waals surface area contributed by atoms with Crippen molar-refractivity contribution < 1.29 is 6.16 Å². The van der Waals surface area contributed by atoms with Crippen LogP contribution in [0.2, 0.25) is 0 Å². The Balaban J connectivity index is -0.000000258. The van der Waals surface area contributed by atoms with Crippen molar-refractivity contribution in [3.8, 4) is 0 Å².